The summed E-state index contributed by atoms with van der Waals surface area (Å²) in [4.78, 5) is 22.1. The van der Waals surface area contributed by atoms with Gasteiger partial charge in [-0.15, -0.1) is 5.10 Å². The molecule has 7 nitrogen and oxygen atoms in total. The Balaban J connectivity index is 1.58. The number of halogens is 1. The van der Waals surface area contributed by atoms with Crippen LogP contribution >= 0.6 is 11.3 Å². The Labute approximate surface area is 192 Å². The Morgan fingerprint density at radius 3 is 2.47 bits per heavy atom. The average molecular weight is 459 g/mol. The Morgan fingerprint density at radius 2 is 1.84 bits per heavy atom. The van der Waals surface area contributed by atoms with Crippen LogP contribution in [0.15, 0.2) is 24.3 Å². The zero-order valence-corrected chi connectivity index (χ0v) is 20.0. The van der Waals surface area contributed by atoms with E-state index in [0.717, 1.165) is 66.2 Å². The van der Waals surface area contributed by atoms with Crippen LogP contribution < -0.4 is 10.2 Å². The van der Waals surface area contributed by atoms with Gasteiger partial charge in [0.2, 0.25) is 16.0 Å². The number of hydrogen-bond donors (Lipinski definition) is 1. The topological polar surface area (TPSA) is 65.8 Å². The van der Waals surface area contributed by atoms with Crippen molar-refractivity contribution >= 4 is 33.2 Å². The number of aromatic nitrogens is 3. The van der Waals surface area contributed by atoms with Crippen LogP contribution in [0.2, 0.25) is 0 Å². The highest BCUT2D eigenvalue weighted by Gasteiger charge is 2.26. The number of benzene rings is 1. The fraction of sp³-hybridized carbons (Fsp3) is 0.522. The Bertz CT molecular complexity index is 1080. The molecule has 1 saturated heterocycles. The van der Waals surface area contributed by atoms with Gasteiger partial charge in [0, 0.05) is 43.7 Å². The smallest absolute Gasteiger partial charge is 0.222 e. The van der Waals surface area contributed by atoms with Crippen LogP contribution in [-0.2, 0) is 4.79 Å². The summed E-state index contributed by atoms with van der Waals surface area (Å²) in [6.07, 6.45) is 2.62. The van der Waals surface area contributed by atoms with Crippen molar-refractivity contribution in [2.45, 2.75) is 52.5 Å². The minimum absolute atomic E-state index is 0.195. The number of anilines is 2. The van der Waals surface area contributed by atoms with Crippen LogP contribution in [0.25, 0.3) is 16.2 Å². The first-order chi connectivity index (χ1) is 15.2. The van der Waals surface area contributed by atoms with E-state index >= 15 is 0 Å². The average Bonchev–Trinajstić information content (AvgIpc) is 3.31. The Morgan fingerprint density at radius 1 is 1.16 bits per heavy atom. The van der Waals surface area contributed by atoms with Crippen molar-refractivity contribution in [3.8, 4) is 11.3 Å². The van der Waals surface area contributed by atoms with Crippen LogP contribution in [0, 0.1) is 5.82 Å². The minimum Gasteiger partial charge on any atom is -0.364 e. The molecule has 0 unspecified atom stereocenters. The van der Waals surface area contributed by atoms with Crippen molar-refractivity contribution in [3.05, 3.63) is 30.1 Å². The van der Waals surface area contributed by atoms with Crippen LogP contribution in [0.5, 0.6) is 0 Å². The van der Waals surface area contributed by atoms with E-state index < -0.39 is 0 Å². The zero-order chi connectivity index (χ0) is 22.9. The second kappa shape index (κ2) is 9.05. The Kier molecular flexibility index (Phi) is 6.37. The predicted octanol–water partition coefficient (Wildman–Crippen LogP) is 4.65. The van der Waals surface area contributed by atoms with Crippen molar-refractivity contribution in [1.82, 2.24) is 19.5 Å². The van der Waals surface area contributed by atoms with Gasteiger partial charge < -0.3 is 15.1 Å². The summed E-state index contributed by atoms with van der Waals surface area (Å²) in [7, 11) is 0. The third-order valence-electron chi connectivity index (χ3n) is 5.45. The van der Waals surface area contributed by atoms with Gasteiger partial charge >= 0.3 is 0 Å². The van der Waals surface area contributed by atoms with E-state index in [1.165, 1.54) is 23.5 Å². The van der Waals surface area contributed by atoms with Crippen molar-refractivity contribution in [1.29, 1.82) is 0 Å². The summed E-state index contributed by atoms with van der Waals surface area (Å²) >= 11 is 1.54. The number of unbranched alkanes of at least 4 members (excludes halogenated alkanes) is 1. The number of amides is 1. The quantitative estimate of drug-likeness (QED) is 0.583. The number of fused-ring (bicyclic) bond motifs is 1. The molecule has 0 radical (unpaired) electrons. The van der Waals surface area contributed by atoms with Crippen molar-refractivity contribution < 1.29 is 9.18 Å². The fourth-order valence-electron chi connectivity index (χ4n) is 3.78. The molecule has 0 saturated carbocycles. The van der Waals surface area contributed by atoms with Crippen LogP contribution in [-0.4, -0.2) is 57.1 Å². The van der Waals surface area contributed by atoms with E-state index in [1.807, 2.05) is 9.42 Å². The van der Waals surface area contributed by atoms with Gasteiger partial charge in [-0.25, -0.2) is 9.37 Å². The van der Waals surface area contributed by atoms with E-state index in [9.17, 15) is 9.18 Å². The van der Waals surface area contributed by atoms with E-state index in [0.29, 0.717) is 6.42 Å². The van der Waals surface area contributed by atoms with Gasteiger partial charge in [0.15, 0.2) is 5.82 Å². The van der Waals surface area contributed by atoms with Crippen LogP contribution in [0.3, 0.4) is 0 Å². The lowest BCUT2D eigenvalue weighted by molar-refractivity contribution is -0.131. The van der Waals surface area contributed by atoms with E-state index in [4.69, 9.17) is 10.1 Å². The number of rotatable bonds is 6. The summed E-state index contributed by atoms with van der Waals surface area (Å²) in [6.45, 7) is 11.3. The highest BCUT2D eigenvalue weighted by atomic mass is 32.1. The van der Waals surface area contributed by atoms with Crippen LogP contribution in [0.4, 0.5) is 15.3 Å². The van der Waals surface area contributed by atoms with Gasteiger partial charge in [0.25, 0.3) is 0 Å². The molecular weight excluding hydrogens is 427 g/mol. The fourth-order valence-corrected chi connectivity index (χ4v) is 4.73. The summed E-state index contributed by atoms with van der Waals surface area (Å²) in [5.41, 5.74) is 1.41. The standard InChI is InChI=1S/C23H31FN6OS/c1-5-6-7-18(31)28-12-14-29(15-13-28)22-27-30-20(26-23(2,3)4)19(25-21(30)32-22)16-8-10-17(24)11-9-16/h8-11,26H,5-7,12-15H2,1-4H3. The van der Waals surface area contributed by atoms with Gasteiger partial charge in [-0.3, -0.25) is 4.79 Å². The third-order valence-corrected chi connectivity index (χ3v) is 6.42. The highest BCUT2D eigenvalue weighted by Crippen LogP contribution is 2.35. The second-order valence-corrected chi connectivity index (χ2v) is 10.2. The lowest BCUT2D eigenvalue weighted by Gasteiger charge is -2.34. The molecule has 0 aliphatic carbocycles. The maximum atomic E-state index is 13.4. The number of nitrogens with one attached hydrogen (secondary N) is 1. The molecule has 9 heteroatoms. The van der Waals surface area contributed by atoms with Crippen molar-refractivity contribution in [2.75, 3.05) is 36.4 Å². The third kappa shape index (κ3) is 4.87. The summed E-state index contributed by atoms with van der Waals surface area (Å²) < 4.78 is 15.3. The monoisotopic (exact) mass is 458 g/mol. The number of piperazine rings is 1. The number of nitrogens with zero attached hydrogens (tertiary/aromatic N) is 5. The minimum atomic E-state index is -0.271. The molecule has 1 aliphatic heterocycles. The molecule has 0 spiro atoms. The summed E-state index contributed by atoms with van der Waals surface area (Å²) in [6, 6.07) is 6.38. The summed E-state index contributed by atoms with van der Waals surface area (Å²) in [5, 5.41) is 9.28. The van der Waals surface area contributed by atoms with E-state index in [-0.39, 0.29) is 17.3 Å². The van der Waals surface area contributed by atoms with Gasteiger partial charge in [0.05, 0.1) is 0 Å². The first kappa shape index (κ1) is 22.5. The SMILES string of the molecule is CCCCC(=O)N1CCN(c2nn3c(NC(C)(C)C)c(-c4ccc(F)cc4)nc3s2)CC1. The molecule has 0 atom stereocenters. The molecule has 2 aromatic heterocycles. The Hall–Kier alpha value is -2.68. The molecule has 1 aromatic carbocycles. The maximum absolute atomic E-state index is 13.4. The largest absolute Gasteiger partial charge is 0.364 e. The van der Waals surface area contributed by atoms with Crippen molar-refractivity contribution in [2.24, 2.45) is 0 Å². The molecule has 172 valence electrons. The maximum Gasteiger partial charge on any atom is 0.222 e. The highest BCUT2D eigenvalue weighted by molar-refractivity contribution is 7.20. The molecule has 32 heavy (non-hydrogen) atoms. The molecule has 4 rings (SSSR count). The van der Waals surface area contributed by atoms with Gasteiger partial charge in [-0.2, -0.15) is 4.52 Å². The van der Waals surface area contributed by atoms with Gasteiger partial charge in [-0.05, 0) is 51.5 Å². The molecule has 0 bridgehead atoms. The summed E-state index contributed by atoms with van der Waals surface area (Å²) in [5.74, 6) is 0.781. The normalized spacial score (nSPS) is 14.9. The first-order valence-corrected chi connectivity index (χ1v) is 12.0. The molecule has 1 amide bonds. The van der Waals surface area contributed by atoms with Gasteiger partial charge in [0.1, 0.15) is 11.5 Å². The number of imidazole rings is 1. The lowest BCUT2D eigenvalue weighted by Crippen LogP contribution is -2.48. The second-order valence-electron chi connectivity index (χ2n) is 9.24. The molecule has 1 aliphatic rings. The molecule has 3 heterocycles. The van der Waals surface area contributed by atoms with E-state index in [2.05, 4.69) is 37.9 Å². The number of carbonyl (C=O) groups is 1. The van der Waals surface area contributed by atoms with Gasteiger partial charge in [-0.1, -0.05) is 24.7 Å². The number of carbonyl (C=O) groups excluding carboxylic acids is 1. The molecule has 3 aromatic rings. The van der Waals surface area contributed by atoms with Crippen molar-refractivity contribution in [3.63, 3.8) is 0 Å². The molecule has 1 fully saturated rings. The van der Waals surface area contributed by atoms with E-state index in [1.54, 1.807) is 12.1 Å². The molecule has 1 N–H and O–H groups in total. The molecular formula is C23H31FN6OS. The van der Waals surface area contributed by atoms with Crippen LogP contribution in [0.1, 0.15) is 47.0 Å². The zero-order valence-electron chi connectivity index (χ0n) is 19.2. The predicted molar refractivity (Wildman–Crippen MR) is 128 cm³/mol. The lowest BCUT2D eigenvalue weighted by atomic mass is 10.1. The first-order valence-electron chi connectivity index (χ1n) is 11.2. The number of hydrogen-bond acceptors (Lipinski definition) is 6.